The van der Waals surface area contributed by atoms with Gasteiger partial charge in [-0.3, -0.25) is 0 Å². The molecule has 0 aliphatic heterocycles. The van der Waals surface area contributed by atoms with E-state index >= 15 is 0 Å². The summed E-state index contributed by atoms with van der Waals surface area (Å²) in [7, 11) is 0. The summed E-state index contributed by atoms with van der Waals surface area (Å²) in [4.78, 5) is 0. The zero-order chi connectivity index (χ0) is 22.3. The molecule has 160 valence electrons. The van der Waals surface area contributed by atoms with Gasteiger partial charge in [-0.2, -0.15) is 61.5 Å². The Labute approximate surface area is 145 Å². The SMILES string of the molecule is FC(F)(F)C(=C(Oc1cccc(C(F)(F)F)c1)C(F)(F)C(F)(F)F)C(F)(F)F. The fraction of sp³-hybridized carbons (Fsp3) is 0.385. The van der Waals surface area contributed by atoms with E-state index in [9.17, 15) is 61.5 Å². The van der Waals surface area contributed by atoms with E-state index in [2.05, 4.69) is 4.74 Å². The Hall–Kier alpha value is -2.22. The van der Waals surface area contributed by atoms with E-state index in [0.29, 0.717) is 6.07 Å². The van der Waals surface area contributed by atoms with Gasteiger partial charge in [0.15, 0.2) is 5.57 Å². The van der Waals surface area contributed by atoms with Crippen molar-refractivity contribution in [3.63, 3.8) is 0 Å². The van der Waals surface area contributed by atoms with Crippen LogP contribution in [0.5, 0.6) is 5.75 Å². The number of ether oxygens (including phenoxy) is 1. The fourth-order valence-corrected chi connectivity index (χ4v) is 1.67. The molecule has 0 amide bonds. The highest BCUT2D eigenvalue weighted by Crippen LogP contribution is 2.50. The number of hydrogen-bond acceptors (Lipinski definition) is 1. The Morgan fingerprint density at radius 3 is 1.50 bits per heavy atom. The fourth-order valence-electron chi connectivity index (χ4n) is 1.67. The Morgan fingerprint density at radius 2 is 1.14 bits per heavy atom. The van der Waals surface area contributed by atoms with Crippen LogP contribution in [0.25, 0.3) is 0 Å². The summed E-state index contributed by atoms with van der Waals surface area (Å²) in [5, 5.41) is 0. The van der Waals surface area contributed by atoms with Crippen LogP contribution in [0, 0.1) is 0 Å². The highest BCUT2D eigenvalue weighted by molar-refractivity contribution is 5.35. The summed E-state index contributed by atoms with van der Waals surface area (Å²) in [6, 6.07) is 0.331. The maximum Gasteiger partial charge on any atom is 0.461 e. The van der Waals surface area contributed by atoms with Gasteiger partial charge in [0.05, 0.1) is 5.56 Å². The Balaban J connectivity index is 3.79. The molecule has 0 unspecified atom stereocenters. The van der Waals surface area contributed by atoms with E-state index in [-0.39, 0.29) is 18.2 Å². The van der Waals surface area contributed by atoms with Crippen LogP contribution in [0.2, 0.25) is 0 Å². The second-order valence-corrected chi connectivity index (χ2v) is 4.90. The normalized spacial score (nSPS) is 14.1. The molecule has 1 aromatic carbocycles. The van der Waals surface area contributed by atoms with Gasteiger partial charge in [0.1, 0.15) is 5.75 Å². The first-order valence-corrected chi connectivity index (χ1v) is 6.38. The van der Waals surface area contributed by atoms with Crippen LogP contribution in [0.4, 0.5) is 61.5 Å². The largest absolute Gasteiger partial charge is 0.461 e. The van der Waals surface area contributed by atoms with Crippen molar-refractivity contribution in [3.8, 4) is 5.75 Å². The third-order valence-corrected chi connectivity index (χ3v) is 2.82. The molecule has 0 N–H and O–H groups in total. The molecule has 1 rings (SSSR count). The summed E-state index contributed by atoms with van der Waals surface area (Å²) in [6.07, 6.45) is -25.9. The first kappa shape index (κ1) is 23.8. The third kappa shape index (κ3) is 5.19. The van der Waals surface area contributed by atoms with Gasteiger partial charge in [-0.05, 0) is 18.2 Å². The number of benzene rings is 1. The lowest BCUT2D eigenvalue weighted by Gasteiger charge is -2.27. The Bertz CT molecular complexity index is 715. The standard InChI is InChI=1S/C13H4F14O/c14-9(15,13(25,26)27)8(7(11(19,20)21)12(22,23)24)28-6-3-1-2-5(4-6)10(16,17)18/h1-4H. The zero-order valence-corrected chi connectivity index (χ0v) is 12.5. The minimum atomic E-state index is -6.99. The third-order valence-electron chi connectivity index (χ3n) is 2.82. The van der Waals surface area contributed by atoms with Crippen molar-refractivity contribution in [1.29, 1.82) is 0 Å². The van der Waals surface area contributed by atoms with Crippen molar-refractivity contribution in [2.75, 3.05) is 0 Å². The Morgan fingerprint density at radius 1 is 0.679 bits per heavy atom. The molecule has 0 radical (unpaired) electrons. The summed E-state index contributed by atoms with van der Waals surface area (Å²) < 4.78 is 181. The van der Waals surface area contributed by atoms with Crippen molar-refractivity contribution >= 4 is 0 Å². The lowest BCUT2D eigenvalue weighted by molar-refractivity contribution is -0.277. The molecule has 0 spiro atoms. The van der Waals surface area contributed by atoms with Gasteiger partial charge in [-0.1, -0.05) is 6.07 Å². The van der Waals surface area contributed by atoms with Crippen molar-refractivity contribution in [2.45, 2.75) is 30.6 Å². The van der Waals surface area contributed by atoms with Gasteiger partial charge in [-0.25, -0.2) is 0 Å². The lowest BCUT2D eigenvalue weighted by atomic mass is 10.1. The smallest absolute Gasteiger partial charge is 0.454 e. The minimum absolute atomic E-state index is 0.159. The number of rotatable bonds is 3. The van der Waals surface area contributed by atoms with E-state index in [1.165, 1.54) is 0 Å². The second kappa shape index (κ2) is 6.99. The van der Waals surface area contributed by atoms with Gasteiger partial charge in [0.2, 0.25) is 5.76 Å². The molecule has 0 saturated heterocycles. The number of alkyl halides is 14. The van der Waals surface area contributed by atoms with Crippen LogP contribution in [0.1, 0.15) is 5.56 Å². The molecule has 0 aliphatic carbocycles. The molecule has 1 nitrogen and oxygen atoms in total. The number of halogens is 14. The van der Waals surface area contributed by atoms with Gasteiger partial charge >= 0.3 is 30.6 Å². The maximum atomic E-state index is 13.4. The molecule has 0 aromatic heterocycles. The molecule has 0 bridgehead atoms. The topological polar surface area (TPSA) is 9.23 Å². The molecular weight excluding hydrogens is 438 g/mol. The van der Waals surface area contributed by atoms with Gasteiger partial charge < -0.3 is 4.74 Å². The van der Waals surface area contributed by atoms with E-state index in [4.69, 9.17) is 0 Å². The summed E-state index contributed by atoms with van der Waals surface area (Å²) >= 11 is 0. The van der Waals surface area contributed by atoms with Crippen LogP contribution in [-0.4, -0.2) is 24.5 Å². The van der Waals surface area contributed by atoms with E-state index < -0.39 is 53.3 Å². The van der Waals surface area contributed by atoms with Crippen molar-refractivity contribution in [1.82, 2.24) is 0 Å². The van der Waals surface area contributed by atoms with Crippen LogP contribution in [0.3, 0.4) is 0 Å². The van der Waals surface area contributed by atoms with E-state index in [0.717, 1.165) is 0 Å². The van der Waals surface area contributed by atoms with Crippen LogP contribution < -0.4 is 4.74 Å². The summed E-state index contributed by atoms with van der Waals surface area (Å²) in [5.74, 6) is -12.6. The van der Waals surface area contributed by atoms with Crippen molar-refractivity contribution in [3.05, 3.63) is 41.2 Å². The lowest BCUT2D eigenvalue weighted by Crippen LogP contribution is -2.44. The number of hydrogen-bond donors (Lipinski definition) is 0. The highest BCUT2D eigenvalue weighted by atomic mass is 19.4. The monoisotopic (exact) mass is 442 g/mol. The first-order chi connectivity index (χ1) is 12.2. The van der Waals surface area contributed by atoms with Gasteiger partial charge in [0, 0.05) is 0 Å². The molecule has 15 heteroatoms. The second-order valence-electron chi connectivity index (χ2n) is 4.90. The van der Waals surface area contributed by atoms with Crippen molar-refractivity contribution in [2.24, 2.45) is 0 Å². The molecular formula is C13H4F14O. The highest BCUT2D eigenvalue weighted by Gasteiger charge is 2.68. The predicted molar refractivity (Wildman–Crippen MR) is 62.2 cm³/mol. The van der Waals surface area contributed by atoms with Crippen LogP contribution in [0.15, 0.2) is 35.6 Å². The average molecular weight is 442 g/mol. The summed E-state index contributed by atoms with van der Waals surface area (Å²) in [6.45, 7) is 0. The molecule has 28 heavy (non-hydrogen) atoms. The van der Waals surface area contributed by atoms with Crippen LogP contribution in [-0.2, 0) is 6.18 Å². The molecule has 0 saturated carbocycles. The van der Waals surface area contributed by atoms with E-state index in [1.54, 1.807) is 0 Å². The van der Waals surface area contributed by atoms with Crippen LogP contribution >= 0.6 is 0 Å². The van der Waals surface area contributed by atoms with E-state index in [1.807, 2.05) is 0 Å². The number of allylic oxidation sites excluding steroid dienone is 2. The van der Waals surface area contributed by atoms with Crippen molar-refractivity contribution < 1.29 is 66.2 Å². The minimum Gasteiger partial charge on any atom is -0.454 e. The predicted octanol–water partition coefficient (Wildman–Crippen LogP) is 6.66. The van der Waals surface area contributed by atoms with Gasteiger partial charge in [-0.15, -0.1) is 0 Å². The quantitative estimate of drug-likeness (QED) is 0.376. The zero-order valence-electron chi connectivity index (χ0n) is 12.5. The molecule has 0 aliphatic rings. The molecule has 1 aromatic rings. The first-order valence-electron chi connectivity index (χ1n) is 6.38. The average Bonchev–Trinajstić information content (AvgIpc) is 2.41. The van der Waals surface area contributed by atoms with Gasteiger partial charge in [0.25, 0.3) is 0 Å². The Kier molecular flexibility index (Phi) is 5.94. The maximum absolute atomic E-state index is 13.4. The molecule has 0 atom stereocenters. The molecule has 0 heterocycles. The summed E-state index contributed by atoms with van der Waals surface area (Å²) in [5.41, 5.74) is -6.15. The molecule has 0 fully saturated rings.